The highest BCUT2D eigenvalue weighted by atomic mass is 79.9. The standard InChI is InChI=1S/C17H25BrN2O2.ClH/c1-17(19)9-5-4-6-14(17)16(21)20(2)11-12-10-13(18)7-8-15(12)22-3;/h7-8,10,14H,4-6,9,11,19H2,1-3H3;1H. The van der Waals surface area contributed by atoms with Crippen LogP contribution in [0.1, 0.15) is 38.2 Å². The summed E-state index contributed by atoms with van der Waals surface area (Å²) in [4.78, 5) is 14.6. The van der Waals surface area contributed by atoms with Crippen LogP contribution in [-0.2, 0) is 11.3 Å². The molecular formula is C17H26BrClN2O2. The van der Waals surface area contributed by atoms with E-state index in [4.69, 9.17) is 10.5 Å². The summed E-state index contributed by atoms with van der Waals surface area (Å²) in [6, 6.07) is 5.83. The van der Waals surface area contributed by atoms with Crippen molar-refractivity contribution in [3.05, 3.63) is 28.2 Å². The minimum Gasteiger partial charge on any atom is -0.496 e. The van der Waals surface area contributed by atoms with Gasteiger partial charge in [-0.25, -0.2) is 0 Å². The van der Waals surface area contributed by atoms with Gasteiger partial charge in [0.25, 0.3) is 0 Å². The molecule has 2 rings (SSSR count). The molecule has 6 heteroatoms. The summed E-state index contributed by atoms with van der Waals surface area (Å²) in [6.45, 7) is 2.52. The maximum atomic E-state index is 12.8. The van der Waals surface area contributed by atoms with Gasteiger partial charge in [0.2, 0.25) is 5.91 Å². The highest BCUT2D eigenvalue weighted by molar-refractivity contribution is 9.10. The molecule has 1 aliphatic rings. The molecule has 130 valence electrons. The van der Waals surface area contributed by atoms with Gasteiger partial charge in [-0.15, -0.1) is 12.4 Å². The Labute approximate surface area is 153 Å². The number of hydrogen-bond acceptors (Lipinski definition) is 3. The van der Waals surface area contributed by atoms with E-state index in [-0.39, 0.29) is 24.2 Å². The summed E-state index contributed by atoms with van der Waals surface area (Å²) in [7, 11) is 3.49. The SMILES string of the molecule is COc1ccc(Br)cc1CN(C)C(=O)C1CCCCC1(C)N.Cl. The van der Waals surface area contributed by atoms with Crippen LogP contribution in [0.3, 0.4) is 0 Å². The predicted molar refractivity (Wildman–Crippen MR) is 99.0 cm³/mol. The molecule has 1 saturated carbocycles. The first kappa shape index (κ1) is 20.3. The molecule has 2 atom stereocenters. The van der Waals surface area contributed by atoms with Crippen molar-refractivity contribution in [3.63, 3.8) is 0 Å². The monoisotopic (exact) mass is 404 g/mol. The lowest BCUT2D eigenvalue weighted by atomic mass is 9.74. The van der Waals surface area contributed by atoms with Gasteiger partial charge in [0.15, 0.2) is 0 Å². The van der Waals surface area contributed by atoms with Crippen molar-refractivity contribution in [2.24, 2.45) is 11.7 Å². The predicted octanol–water partition coefficient (Wildman–Crippen LogP) is 3.75. The smallest absolute Gasteiger partial charge is 0.227 e. The molecule has 1 aromatic rings. The number of rotatable bonds is 4. The Bertz CT molecular complexity index is 551. The Kier molecular flexibility index (Phi) is 7.36. The topological polar surface area (TPSA) is 55.6 Å². The van der Waals surface area contributed by atoms with Gasteiger partial charge < -0.3 is 15.4 Å². The lowest BCUT2D eigenvalue weighted by molar-refractivity contribution is -0.138. The first-order chi connectivity index (χ1) is 10.3. The average Bonchev–Trinajstić information content (AvgIpc) is 2.46. The maximum Gasteiger partial charge on any atom is 0.227 e. The van der Waals surface area contributed by atoms with Gasteiger partial charge in [-0.1, -0.05) is 28.8 Å². The quantitative estimate of drug-likeness (QED) is 0.830. The molecule has 1 amide bonds. The van der Waals surface area contributed by atoms with Crippen LogP contribution in [0, 0.1) is 5.92 Å². The van der Waals surface area contributed by atoms with Gasteiger partial charge in [-0.2, -0.15) is 0 Å². The molecule has 1 fully saturated rings. The Morgan fingerprint density at radius 1 is 1.48 bits per heavy atom. The first-order valence-corrected chi connectivity index (χ1v) is 8.50. The van der Waals surface area contributed by atoms with E-state index in [0.29, 0.717) is 6.54 Å². The van der Waals surface area contributed by atoms with Gasteiger partial charge in [-0.3, -0.25) is 4.79 Å². The summed E-state index contributed by atoms with van der Waals surface area (Å²) < 4.78 is 6.36. The average molecular weight is 406 g/mol. The Balaban J connectivity index is 0.00000264. The van der Waals surface area contributed by atoms with Gasteiger partial charge in [0, 0.05) is 29.2 Å². The Morgan fingerprint density at radius 3 is 2.78 bits per heavy atom. The highest BCUT2D eigenvalue weighted by Crippen LogP contribution is 2.33. The molecule has 0 saturated heterocycles. The summed E-state index contributed by atoms with van der Waals surface area (Å²) in [5, 5.41) is 0. The lowest BCUT2D eigenvalue weighted by Crippen LogP contribution is -2.53. The fourth-order valence-electron chi connectivity index (χ4n) is 3.23. The molecule has 0 aromatic heterocycles. The molecule has 0 heterocycles. The second-order valence-electron chi connectivity index (χ2n) is 6.45. The number of carbonyl (C=O) groups excluding carboxylic acids is 1. The molecule has 0 radical (unpaired) electrons. The maximum absolute atomic E-state index is 12.8. The summed E-state index contributed by atoms with van der Waals surface area (Å²) >= 11 is 3.47. The normalized spacial score (nSPS) is 23.8. The van der Waals surface area contributed by atoms with Crippen LogP contribution in [-0.4, -0.2) is 30.5 Å². The zero-order valence-electron chi connectivity index (χ0n) is 14.0. The van der Waals surface area contributed by atoms with Crippen LogP contribution in [0.25, 0.3) is 0 Å². The van der Waals surface area contributed by atoms with Crippen LogP contribution in [0.5, 0.6) is 5.75 Å². The largest absolute Gasteiger partial charge is 0.496 e. The summed E-state index contributed by atoms with van der Waals surface area (Å²) in [5.74, 6) is 0.832. The molecule has 2 unspecified atom stereocenters. The van der Waals surface area contributed by atoms with Crippen molar-refractivity contribution in [2.75, 3.05) is 14.2 Å². The molecule has 0 bridgehead atoms. The van der Waals surface area contributed by atoms with E-state index in [0.717, 1.165) is 41.5 Å². The van der Waals surface area contributed by atoms with Crippen LogP contribution in [0.15, 0.2) is 22.7 Å². The fraction of sp³-hybridized carbons (Fsp3) is 0.588. The van der Waals surface area contributed by atoms with Crippen molar-refractivity contribution in [1.29, 1.82) is 0 Å². The van der Waals surface area contributed by atoms with E-state index in [1.165, 1.54) is 0 Å². The Morgan fingerprint density at radius 2 is 2.17 bits per heavy atom. The number of nitrogens with zero attached hydrogens (tertiary/aromatic N) is 1. The minimum atomic E-state index is -0.398. The number of carbonyl (C=O) groups is 1. The van der Waals surface area contributed by atoms with E-state index in [1.807, 2.05) is 32.2 Å². The van der Waals surface area contributed by atoms with E-state index in [1.54, 1.807) is 12.0 Å². The molecular weight excluding hydrogens is 380 g/mol. The number of halogens is 2. The third kappa shape index (κ3) is 4.85. The van der Waals surface area contributed by atoms with Gasteiger partial charge in [0.05, 0.1) is 13.0 Å². The van der Waals surface area contributed by atoms with E-state index >= 15 is 0 Å². The van der Waals surface area contributed by atoms with Crippen molar-refractivity contribution in [3.8, 4) is 5.75 Å². The van der Waals surface area contributed by atoms with Crippen LogP contribution >= 0.6 is 28.3 Å². The highest BCUT2D eigenvalue weighted by Gasteiger charge is 2.39. The fourth-order valence-corrected chi connectivity index (χ4v) is 3.64. The zero-order chi connectivity index (χ0) is 16.3. The second-order valence-corrected chi connectivity index (χ2v) is 7.37. The molecule has 0 spiro atoms. The molecule has 2 N–H and O–H groups in total. The van der Waals surface area contributed by atoms with Crippen molar-refractivity contribution in [2.45, 2.75) is 44.7 Å². The summed E-state index contributed by atoms with van der Waals surface area (Å²) in [5.41, 5.74) is 6.94. The van der Waals surface area contributed by atoms with E-state index in [9.17, 15) is 4.79 Å². The van der Waals surface area contributed by atoms with E-state index < -0.39 is 5.54 Å². The number of amides is 1. The van der Waals surface area contributed by atoms with Crippen LogP contribution in [0.2, 0.25) is 0 Å². The van der Waals surface area contributed by atoms with Crippen LogP contribution in [0.4, 0.5) is 0 Å². The lowest BCUT2D eigenvalue weighted by Gasteiger charge is -2.39. The molecule has 1 aliphatic carbocycles. The molecule has 23 heavy (non-hydrogen) atoms. The number of methoxy groups -OCH3 is 1. The van der Waals surface area contributed by atoms with Crippen molar-refractivity contribution < 1.29 is 9.53 Å². The third-order valence-corrected chi connectivity index (χ3v) is 5.07. The first-order valence-electron chi connectivity index (χ1n) is 7.71. The summed E-state index contributed by atoms with van der Waals surface area (Å²) in [6.07, 6.45) is 3.99. The van der Waals surface area contributed by atoms with Gasteiger partial charge >= 0.3 is 0 Å². The minimum absolute atomic E-state index is 0. The van der Waals surface area contributed by atoms with Crippen LogP contribution < -0.4 is 10.5 Å². The Hall–Kier alpha value is -0.780. The van der Waals surface area contributed by atoms with Crippen molar-refractivity contribution in [1.82, 2.24) is 4.90 Å². The third-order valence-electron chi connectivity index (χ3n) is 4.58. The zero-order valence-corrected chi connectivity index (χ0v) is 16.4. The number of nitrogens with two attached hydrogens (primary N) is 1. The van der Waals surface area contributed by atoms with Gasteiger partial charge in [0.1, 0.15) is 5.75 Å². The van der Waals surface area contributed by atoms with Gasteiger partial charge in [-0.05, 0) is 38.0 Å². The molecule has 1 aromatic carbocycles. The molecule has 0 aliphatic heterocycles. The number of ether oxygens (including phenoxy) is 1. The van der Waals surface area contributed by atoms with Crippen molar-refractivity contribution >= 4 is 34.2 Å². The second kappa shape index (κ2) is 8.36. The number of benzene rings is 1. The molecule has 4 nitrogen and oxygen atoms in total. The number of hydrogen-bond donors (Lipinski definition) is 1. The van der Waals surface area contributed by atoms with E-state index in [2.05, 4.69) is 15.9 Å².